The quantitative estimate of drug-likeness (QED) is 0.585. The lowest BCUT2D eigenvalue weighted by molar-refractivity contribution is -0.137. The molecule has 0 saturated carbocycles. The predicted octanol–water partition coefficient (Wildman–Crippen LogP) is 4.38. The van der Waals surface area contributed by atoms with Gasteiger partial charge in [0.2, 0.25) is 10.0 Å². The molecule has 1 fully saturated rings. The van der Waals surface area contributed by atoms with Gasteiger partial charge in [-0.25, -0.2) is 18.1 Å². The first-order valence-electron chi connectivity index (χ1n) is 9.62. The molecule has 0 amide bonds. The van der Waals surface area contributed by atoms with Crippen LogP contribution in [0.3, 0.4) is 0 Å². The van der Waals surface area contributed by atoms with Gasteiger partial charge in [-0.05, 0) is 24.6 Å². The van der Waals surface area contributed by atoms with Crippen molar-refractivity contribution in [1.29, 1.82) is 0 Å². The summed E-state index contributed by atoms with van der Waals surface area (Å²) in [6.45, 7) is 1.74. The van der Waals surface area contributed by atoms with E-state index in [1.807, 2.05) is 35.7 Å². The molecule has 1 saturated heterocycles. The molecule has 1 aliphatic rings. The third-order valence-corrected chi connectivity index (χ3v) is 7.40. The molecular weight excluding hydrogens is 447 g/mol. The molecule has 31 heavy (non-hydrogen) atoms. The van der Waals surface area contributed by atoms with Crippen LogP contribution >= 0.6 is 11.3 Å². The molecule has 1 N–H and O–H groups in total. The number of benzene rings is 2. The normalized spacial score (nSPS) is 17.8. The van der Waals surface area contributed by atoms with Gasteiger partial charge in [-0.2, -0.15) is 13.2 Å². The molecule has 0 spiro atoms. The molecule has 10 heteroatoms. The Kier molecular flexibility index (Phi) is 6.16. The van der Waals surface area contributed by atoms with Crippen molar-refractivity contribution in [3.05, 3.63) is 70.5 Å². The first kappa shape index (κ1) is 21.9. The van der Waals surface area contributed by atoms with E-state index < -0.39 is 21.8 Å². The Labute approximate surface area is 182 Å². The largest absolute Gasteiger partial charge is 0.416 e. The Morgan fingerprint density at radius 2 is 1.90 bits per heavy atom. The highest BCUT2D eigenvalue weighted by atomic mass is 32.2. The number of thiazole rings is 1. The van der Waals surface area contributed by atoms with Crippen LogP contribution in [-0.4, -0.2) is 37.4 Å². The third-order valence-electron chi connectivity index (χ3n) is 5.05. The first-order valence-corrected chi connectivity index (χ1v) is 12.0. The van der Waals surface area contributed by atoms with E-state index >= 15 is 0 Å². The summed E-state index contributed by atoms with van der Waals surface area (Å²) in [4.78, 5) is 6.36. The van der Waals surface area contributed by atoms with Crippen molar-refractivity contribution in [3.8, 4) is 11.3 Å². The first-order chi connectivity index (χ1) is 14.7. The second kappa shape index (κ2) is 8.70. The van der Waals surface area contributed by atoms with Crippen LogP contribution in [0.5, 0.6) is 0 Å². The molecule has 0 aliphatic carbocycles. The molecule has 2 aromatic carbocycles. The van der Waals surface area contributed by atoms with E-state index in [4.69, 9.17) is 0 Å². The fourth-order valence-electron chi connectivity index (χ4n) is 3.52. The Hall–Kier alpha value is -2.27. The monoisotopic (exact) mass is 467 g/mol. The van der Waals surface area contributed by atoms with Gasteiger partial charge < -0.3 is 0 Å². The van der Waals surface area contributed by atoms with Crippen LogP contribution in [-0.2, 0) is 22.7 Å². The molecule has 164 valence electrons. The summed E-state index contributed by atoms with van der Waals surface area (Å²) in [7, 11) is -4.04. The van der Waals surface area contributed by atoms with Crippen LogP contribution in [0.25, 0.3) is 11.3 Å². The van der Waals surface area contributed by atoms with Gasteiger partial charge >= 0.3 is 6.18 Å². The molecule has 1 atom stereocenters. The number of halogens is 3. The van der Waals surface area contributed by atoms with Crippen molar-refractivity contribution in [3.63, 3.8) is 0 Å². The third kappa shape index (κ3) is 5.32. The highest BCUT2D eigenvalue weighted by Gasteiger charge is 2.33. The van der Waals surface area contributed by atoms with Crippen LogP contribution in [0.4, 0.5) is 13.2 Å². The van der Waals surface area contributed by atoms with Crippen LogP contribution in [0.15, 0.2) is 64.9 Å². The van der Waals surface area contributed by atoms with Crippen LogP contribution in [0, 0.1) is 0 Å². The minimum absolute atomic E-state index is 0.368. The number of hydrogen-bond acceptors (Lipinski definition) is 5. The molecule has 4 rings (SSSR count). The molecule has 0 bridgehead atoms. The number of likely N-dealkylation sites (tertiary alicyclic amines) is 1. The lowest BCUT2D eigenvalue weighted by atomic mass is 10.2. The van der Waals surface area contributed by atoms with Crippen LogP contribution < -0.4 is 4.72 Å². The van der Waals surface area contributed by atoms with Crippen molar-refractivity contribution in [2.24, 2.45) is 0 Å². The second-order valence-electron chi connectivity index (χ2n) is 7.36. The van der Waals surface area contributed by atoms with Crippen LogP contribution in [0.2, 0.25) is 0 Å². The minimum Gasteiger partial charge on any atom is -0.295 e. The Morgan fingerprint density at radius 3 is 2.65 bits per heavy atom. The highest BCUT2D eigenvalue weighted by molar-refractivity contribution is 7.89. The Balaban J connectivity index is 1.38. The second-order valence-corrected chi connectivity index (χ2v) is 10.0. The molecule has 0 radical (unpaired) electrons. The summed E-state index contributed by atoms with van der Waals surface area (Å²) in [5.41, 5.74) is 0.959. The lowest BCUT2D eigenvalue weighted by Gasteiger charge is -2.16. The molecular formula is C21H20F3N3O2S2. The fourth-order valence-corrected chi connectivity index (χ4v) is 5.67. The standard InChI is InChI=1S/C21H20F3N3O2S2/c22-21(23,24)16-7-4-8-18(11-16)31(28,29)26-17-9-10-27(12-17)13-20-25-19(14-30-20)15-5-2-1-3-6-15/h1-8,11,14,17,26H,9-10,12-13H2/t17-/m1/s1. The van der Waals surface area contributed by atoms with E-state index in [9.17, 15) is 21.6 Å². The van der Waals surface area contributed by atoms with E-state index in [1.165, 1.54) is 6.07 Å². The van der Waals surface area contributed by atoms with E-state index in [-0.39, 0.29) is 10.9 Å². The molecule has 1 aliphatic heterocycles. The summed E-state index contributed by atoms with van der Waals surface area (Å²) in [5.74, 6) is 0. The number of rotatable bonds is 6. The summed E-state index contributed by atoms with van der Waals surface area (Å²) in [6, 6.07) is 13.3. The van der Waals surface area contributed by atoms with Gasteiger partial charge in [0.25, 0.3) is 0 Å². The molecule has 3 aromatic rings. The fraction of sp³-hybridized carbons (Fsp3) is 0.286. The van der Waals surface area contributed by atoms with Gasteiger partial charge in [-0.1, -0.05) is 36.4 Å². The van der Waals surface area contributed by atoms with Crippen LogP contribution in [0.1, 0.15) is 17.0 Å². The maximum absolute atomic E-state index is 12.9. The zero-order valence-electron chi connectivity index (χ0n) is 16.3. The number of hydrogen-bond donors (Lipinski definition) is 1. The van der Waals surface area contributed by atoms with Crippen molar-refractivity contribution in [2.75, 3.05) is 13.1 Å². The molecule has 0 unspecified atom stereocenters. The Bertz CT molecular complexity index is 1150. The maximum atomic E-state index is 12.9. The zero-order chi connectivity index (χ0) is 22.1. The van der Waals surface area contributed by atoms with E-state index in [0.29, 0.717) is 32.1 Å². The van der Waals surface area contributed by atoms with Crippen molar-refractivity contribution >= 4 is 21.4 Å². The zero-order valence-corrected chi connectivity index (χ0v) is 18.0. The minimum atomic E-state index is -4.60. The molecule has 1 aromatic heterocycles. The summed E-state index contributed by atoms with van der Waals surface area (Å²) in [6.07, 6.45) is -4.02. The van der Waals surface area contributed by atoms with E-state index in [1.54, 1.807) is 11.3 Å². The number of sulfonamides is 1. The number of nitrogens with one attached hydrogen (secondary N) is 1. The van der Waals surface area contributed by atoms with Crippen molar-refractivity contribution < 1.29 is 21.6 Å². The SMILES string of the molecule is O=S(=O)(N[C@@H]1CCN(Cc2nc(-c3ccccc3)cs2)C1)c1cccc(C(F)(F)F)c1. The number of nitrogens with zero attached hydrogens (tertiary/aromatic N) is 2. The summed E-state index contributed by atoms with van der Waals surface area (Å²) >= 11 is 1.55. The van der Waals surface area contributed by atoms with E-state index in [2.05, 4.69) is 14.6 Å². The van der Waals surface area contributed by atoms with Gasteiger partial charge in [-0.3, -0.25) is 4.90 Å². The average molecular weight is 468 g/mol. The molecule has 5 nitrogen and oxygen atoms in total. The number of aromatic nitrogens is 1. The van der Waals surface area contributed by atoms with Gasteiger partial charge in [0.1, 0.15) is 5.01 Å². The maximum Gasteiger partial charge on any atom is 0.416 e. The lowest BCUT2D eigenvalue weighted by Crippen LogP contribution is -2.37. The van der Waals surface area contributed by atoms with Gasteiger partial charge in [0.05, 0.1) is 22.7 Å². The average Bonchev–Trinajstić information content (AvgIpc) is 3.38. The highest BCUT2D eigenvalue weighted by Crippen LogP contribution is 2.30. The summed E-state index contributed by atoms with van der Waals surface area (Å²) < 4.78 is 66.4. The van der Waals surface area contributed by atoms with E-state index in [0.717, 1.165) is 28.4 Å². The summed E-state index contributed by atoms with van der Waals surface area (Å²) in [5, 5.41) is 2.93. The predicted molar refractivity (Wildman–Crippen MR) is 113 cm³/mol. The topological polar surface area (TPSA) is 62.3 Å². The Morgan fingerprint density at radius 1 is 1.13 bits per heavy atom. The van der Waals surface area contributed by atoms with Crippen molar-refractivity contribution in [1.82, 2.24) is 14.6 Å². The number of alkyl halides is 3. The van der Waals surface area contributed by atoms with Gasteiger partial charge in [-0.15, -0.1) is 11.3 Å². The molecule has 2 heterocycles. The smallest absolute Gasteiger partial charge is 0.295 e. The van der Waals surface area contributed by atoms with Crippen molar-refractivity contribution in [2.45, 2.75) is 30.1 Å². The van der Waals surface area contributed by atoms with Gasteiger partial charge in [0.15, 0.2) is 0 Å². The van der Waals surface area contributed by atoms with Gasteiger partial charge in [0, 0.05) is 30.1 Å².